The molecular formula is C9H12O4S. The van der Waals surface area contributed by atoms with E-state index < -0.39 is 10.1 Å². The van der Waals surface area contributed by atoms with Gasteiger partial charge in [-0.05, 0) is 30.2 Å². The lowest BCUT2D eigenvalue weighted by molar-refractivity contribution is 0.409. The molecule has 0 saturated heterocycles. The average molecular weight is 216 g/mol. The Bertz CT molecular complexity index is 422. The van der Waals surface area contributed by atoms with Gasteiger partial charge in [0.25, 0.3) is 10.1 Å². The van der Waals surface area contributed by atoms with E-state index in [0.717, 1.165) is 5.56 Å². The summed E-state index contributed by atoms with van der Waals surface area (Å²) in [6, 6.07) is 4.25. The molecule has 0 heterocycles. The third kappa shape index (κ3) is 2.24. The molecule has 0 amide bonds. The van der Waals surface area contributed by atoms with E-state index in [4.69, 9.17) is 9.29 Å². The zero-order valence-electron chi connectivity index (χ0n) is 8.02. The molecule has 0 bridgehead atoms. The van der Waals surface area contributed by atoms with Gasteiger partial charge in [0.2, 0.25) is 0 Å². The minimum Gasteiger partial charge on any atom is -0.496 e. The van der Waals surface area contributed by atoms with Crippen LogP contribution in [0.3, 0.4) is 0 Å². The fraction of sp³-hybridized carbons (Fsp3) is 0.333. The predicted molar refractivity (Wildman–Crippen MR) is 52.2 cm³/mol. The van der Waals surface area contributed by atoms with Crippen LogP contribution >= 0.6 is 0 Å². The zero-order valence-corrected chi connectivity index (χ0v) is 8.84. The van der Waals surface area contributed by atoms with Crippen molar-refractivity contribution in [3.8, 4) is 5.75 Å². The summed E-state index contributed by atoms with van der Waals surface area (Å²) in [4.78, 5) is -0.102. The van der Waals surface area contributed by atoms with Crippen LogP contribution in [0.4, 0.5) is 0 Å². The molecule has 1 aromatic rings. The summed E-state index contributed by atoms with van der Waals surface area (Å²) in [6.07, 6.45) is 0.645. The molecule has 1 N–H and O–H groups in total. The molecule has 0 aromatic heterocycles. The Morgan fingerprint density at radius 3 is 2.50 bits per heavy atom. The van der Waals surface area contributed by atoms with Crippen molar-refractivity contribution in [2.75, 3.05) is 7.11 Å². The third-order valence-corrected chi connectivity index (χ3v) is 2.78. The molecule has 0 radical (unpaired) electrons. The highest BCUT2D eigenvalue weighted by Crippen LogP contribution is 2.22. The van der Waals surface area contributed by atoms with Crippen LogP contribution in [0.1, 0.15) is 12.5 Å². The Kier molecular flexibility index (Phi) is 3.13. The molecule has 1 aromatic carbocycles. The first-order valence-electron chi connectivity index (χ1n) is 4.13. The molecule has 0 unspecified atom stereocenters. The van der Waals surface area contributed by atoms with Gasteiger partial charge in [-0.15, -0.1) is 0 Å². The number of ether oxygens (including phenoxy) is 1. The van der Waals surface area contributed by atoms with Crippen LogP contribution in [0, 0.1) is 0 Å². The van der Waals surface area contributed by atoms with Crippen LogP contribution in [0.2, 0.25) is 0 Å². The van der Waals surface area contributed by atoms with E-state index in [0.29, 0.717) is 12.2 Å². The molecule has 0 aliphatic rings. The Morgan fingerprint density at radius 2 is 2.07 bits per heavy atom. The largest absolute Gasteiger partial charge is 0.496 e. The summed E-state index contributed by atoms with van der Waals surface area (Å²) < 4.78 is 35.5. The molecule has 0 atom stereocenters. The summed E-state index contributed by atoms with van der Waals surface area (Å²) in [6.45, 7) is 1.88. The standard InChI is InChI=1S/C9H12O4S/c1-3-7-6-8(14(10,11)12)4-5-9(7)13-2/h4-6H,3H2,1-2H3,(H,10,11,12). The Labute approximate surface area is 83.3 Å². The maximum absolute atomic E-state index is 10.8. The summed E-state index contributed by atoms with van der Waals surface area (Å²) in [5.74, 6) is 0.625. The summed E-state index contributed by atoms with van der Waals surface area (Å²) >= 11 is 0. The molecule has 78 valence electrons. The predicted octanol–water partition coefficient (Wildman–Crippen LogP) is 1.50. The summed E-state index contributed by atoms with van der Waals surface area (Å²) in [7, 11) is -2.60. The van der Waals surface area contributed by atoms with E-state index in [9.17, 15) is 8.42 Å². The molecule has 0 saturated carbocycles. The highest BCUT2D eigenvalue weighted by Gasteiger charge is 2.11. The lowest BCUT2D eigenvalue weighted by Gasteiger charge is -2.07. The smallest absolute Gasteiger partial charge is 0.294 e. The first-order chi connectivity index (χ1) is 6.49. The van der Waals surface area contributed by atoms with Crippen LogP contribution in [0.15, 0.2) is 23.1 Å². The van der Waals surface area contributed by atoms with Gasteiger partial charge in [0.05, 0.1) is 12.0 Å². The number of methoxy groups -OCH3 is 1. The first-order valence-corrected chi connectivity index (χ1v) is 5.57. The van der Waals surface area contributed by atoms with E-state index in [2.05, 4.69) is 0 Å². The Balaban J connectivity index is 3.28. The van der Waals surface area contributed by atoms with Crippen molar-refractivity contribution >= 4 is 10.1 Å². The van der Waals surface area contributed by atoms with Crippen LogP contribution < -0.4 is 4.74 Å². The normalized spacial score (nSPS) is 11.4. The van der Waals surface area contributed by atoms with Crippen molar-refractivity contribution < 1.29 is 17.7 Å². The molecular weight excluding hydrogens is 204 g/mol. The molecule has 0 aliphatic carbocycles. The number of benzene rings is 1. The van der Waals surface area contributed by atoms with E-state index in [-0.39, 0.29) is 4.90 Å². The van der Waals surface area contributed by atoms with Crippen molar-refractivity contribution in [1.29, 1.82) is 0 Å². The van der Waals surface area contributed by atoms with Gasteiger partial charge in [0.15, 0.2) is 0 Å². The van der Waals surface area contributed by atoms with Gasteiger partial charge < -0.3 is 4.74 Å². The average Bonchev–Trinajstić information content (AvgIpc) is 2.15. The Morgan fingerprint density at radius 1 is 1.43 bits per heavy atom. The highest BCUT2D eigenvalue weighted by molar-refractivity contribution is 7.85. The lowest BCUT2D eigenvalue weighted by Crippen LogP contribution is -2.00. The summed E-state index contributed by atoms with van der Waals surface area (Å²) in [5, 5.41) is 0. The van der Waals surface area contributed by atoms with Gasteiger partial charge in [-0.1, -0.05) is 6.92 Å². The number of aryl methyl sites for hydroxylation is 1. The van der Waals surface area contributed by atoms with Crippen molar-refractivity contribution in [3.05, 3.63) is 23.8 Å². The minimum atomic E-state index is -4.12. The lowest BCUT2D eigenvalue weighted by atomic mass is 10.1. The molecule has 0 spiro atoms. The topological polar surface area (TPSA) is 63.6 Å². The molecule has 1 rings (SSSR count). The van der Waals surface area contributed by atoms with E-state index in [1.807, 2.05) is 6.92 Å². The van der Waals surface area contributed by atoms with Gasteiger partial charge in [-0.3, -0.25) is 4.55 Å². The van der Waals surface area contributed by atoms with Gasteiger partial charge in [-0.2, -0.15) is 8.42 Å². The maximum Gasteiger partial charge on any atom is 0.294 e. The van der Waals surface area contributed by atoms with Crippen LogP contribution in [0.5, 0.6) is 5.75 Å². The second-order valence-corrected chi connectivity index (χ2v) is 4.22. The van der Waals surface area contributed by atoms with Gasteiger partial charge in [-0.25, -0.2) is 0 Å². The van der Waals surface area contributed by atoms with Crippen LogP contribution in [0.25, 0.3) is 0 Å². The third-order valence-electron chi connectivity index (χ3n) is 1.93. The van der Waals surface area contributed by atoms with Crippen molar-refractivity contribution in [2.24, 2.45) is 0 Å². The van der Waals surface area contributed by atoms with E-state index >= 15 is 0 Å². The minimum absolute atomic E-state index is 0.102. The number of hydrogen-bond donors (Lipinski definition) is 1. The molecule has 4 nitrogen and oxygen atoms in total. The van der Waals surface area contributed by atoms with Gasteiger partial charge in [0, 0.05) is 0 Å². The van der Waals surface area contributed by atoms with E-state index in [1.165, 1.54) is 25.3 Å². The molecule has 0 fully saturated rings. The van der Waals surface area contributed by atoms with Gasteiger partial charge >= 0.3 is 0 Å². The van der Waals surface area contributed by atoms with Gasteiger partial charge in [0.1, 0.15) is 5.75 Å². The fourth-order valence-electron chi connectivity index (χ4n) is 1.19. The monoisotopic (exact) mass is 216 g/mol. The van der Waals surface area contributed by atoms with Crippen molar-refractivity contribution in [3.63, 3.8) is 0 Å². The zero-order chi connectivity index (χ0) is 10.8. The molecule has 14 heavy (non-hydrogen) atoms. The quantitative estimate of drug-likeness (QED) is 0.778. The number of rotatable bonds is 3. The van der Waals surface area contributed by atoms with E-state index in [1.54, 1.807) is 0 Å². The maximum atomic E-state index is 10.8. The molecule has 0 aliphatic heterocycles. The van der Waals surface area contributed by atoms with Crippen molar-refractivity contribution in [1.82, 2.24) is 0 Å². The first kappa shape index (κ1) is 11.0. The van der Waals surface area contributed by atoms with Crippen LogP contribution in [-0.4, -0.2) is 20.1 Å². The highest BCUT2D eigenvalue weighted by atomic mass is 32.2. The second-order valence-electron chi connectivity index (χ2n) is 2.80. The second kappa shape index (κ2) is 3.98. The SMILES string of the molecule is CCc1cc(S(=O)(=O)O)ccc1OC. The molecule has 5 heteroatoms. The summed E-state index contributed by atoms with van der Waals surface area (Å²) in [5.41, 5.74) is 0.752. The van der Waals surface area contributed by atoms with Crippen molar-refractivity contribution in [2.45, 2.75) is 18.2 Å². The fourth-order valence-corrected chi connectivity index (χ4v) is 1.72. The number of hydrogen-bond acceptors (Lipinski definition) is 3. The van der Waals surface area contributed by atoms with Crippen LogP contribution in [-0.2, 0) is 16.5 Å². The Hall–Kier alpha value is -1.07.